The van der Waals surface area contributed by atoms with Gasteiger partial charge in [0, 0.05) is 37.4 Å². The van der Waals surface area contributed by atoms with Crippen LogP contribution in [0.5, 0.6) is 0 Å². The molecule has 5 nitrogen and oxygen atoms in total. The summed E-state index contributed by atoms with van der Waals surface area (Å²) in [5.74, 6) is 0. The van der Waals surface area contributed by atoms with Crippen LogP contribution in [-0.2, 0) is 16.6 Å². The molecule has 2 aromatic rings. The monoisotopic (exact) mass is 325 g/mol. The molecular weight excluding hydrogens is 306 g/mol. The minimum absolute atomic E-state index is 0.220. The summed E-state index contributed by atoms with van der Waals surface area (Å²) in [6.45, 7) is 3.12. The lowest BCUT2D eigenvalue weighted by Crippen LogP contribution is -2.27. The van der Waals surface area contributed by atoms with Crippen molar-refractivity contribution in [1.29, 1.82) is 0 Å². The minimum atomic E-state index is -3.56. The zero-order valence-corrected chi connectivity index (χ0v) is 13.7. The average Bonchev–Trinajstić information content (AvgIpc) is 2.98. The molecule has 2 aromatic heterocycles. The molecule has 0 fully saturated rings. The highest BCUT2D eigenvalue weighted by Crippen LogP contribution is 2.24. The van der Waals surface area contributed by atoms with E-state index in [0.29, 0.717) is 12.2 Å². The van der Waals surface area contributed by atoms with Gasteiger partial charge in [-0.1, -0.05) is 13.0 Å². The quantitative estimate of drug-likeness (QED) is 0.850. The van der Waals surface area contributed by atoms with Gasteiger partial charge in [0.1, 0.15) is 4.90 Å². The number of anilines is 1. The summed E-state index contributed by atoms with van der Waals surface area (Å²) in [6, 6.07) is 5.54. The van der Waals surface area contributed by atoms with E-state index in [9.17, 15) is 8.42 Å². The van der Waals surface area contributed by atoms with Crippen LogP contribution in [0.4, 0.5) is 5.69 Å². The van der Waals surface area contributed by atoms with Gasteiger partial charge in [-0.25, -0.2) is 8.42 Å². The Morgan fingerprint density at radius 1 is 1.38 bits per heavy atom. The predicted octanol–water partition coefficient (Wildman–Crippen LogP) is 2.79. The summed E-state index contributed by atoms with van der Waals surface area (Å²) in [7, 11) is -1.97. The highest BCUT2D eigenvalue weighted by atomic mass is 32.2. The third kappa shape index (κ3) is 3.81. The third-order valence-corrected chi connectivity index (χ3v) is 5.69. The van der Waals surface area contributed by atoms with Gasteiger partial charge >= 0.3 is 0 Å². The molecule has 0 amide bonds. The van der Waals surface area contributed by atoms with Crippen LogP contribution in [0.25, 0.3) is 0 Å². The van der Waals surface area contributed by atoms with Crippen LogP contribution < -0.4 is 5.32 Å². The topological polar surface area (TPSA) is 62.3 Å². The van der Waals surface area contributed by atoms with Gasteiger partial charge in [-0.2, -0.15) is 4.31 Å². The van der Waals surface area contributed by atoms with Gasteiger partial charge in [-0.15, -0.1) is 11.3 Å². The fraction of sp³-hybridized carbons (Fsp3) is 0.357. The van der Waals surface area contributed by atoms with Crippen LogP contribution in [0.15, 0.2) is 40.9 Å². The summed E-state index contributed by atoms with van der Waals surface area (Å²) < 4.78 is 26.7. The zero-order chi connectivity index (χ0) is 15.3. The van der Waals surface area contributed by atoms with Gasteiger partial charge in [0.25, 0.3) is 0 Å². The van der Waals surface area contributed by atoms with E-state index in [2.05, 4.69) is 10.3 Å². The first-order valence-electron chi connectivity index (χ1n) is 6.72. The van der Waals surface area contributed by atoms with E-state index in [4.69, 9.17) is 0 Å². The summed E-state index contributed by atoms with van der Waals surface area (Å²) in [5.41, 5.74) is 0.602. The van der Waals surface area contributed by atoms with Crippen molar-refractivity contribution in [3.05, 3.63) is 40.8 Å². The highest BCUT2D eigenvalue weighted by Gasteiger charge is 2.24. The van der Waals surface area contributed by atoms with E-state index in [1.54, 1.807) is 30.6 Å². The number of pyridine rings is 1. The Hall–Kier alpha value is -1.44. The average molecular weight is 325 g/mol. The van der Waals surface area contributed by atoms with Crippen LogP contribution in [0.1, 0.15) is 18.2 Å². The molecule has 0 aliphatic rings. The first-order chi connectivity index (χ1) is 10.1. The van der Waals surface area contributed by atoms with E-state index >= 15 is 0 Å². The third-order valence-electron chi connectivity index (χ3n) is 3.00. The summed E-state index contributed by atoms with van der Waals surface area (Å²) in [6.07, 6.45) is 3.92. The van der Waals surface area contributed by atoms with Crippen molar-refractivity contribution >= 4 is 27.0 Å². The SMILES string of the molecule is CCCNc1ccncc1S(=O)(=O)N(C)Cc1cccs1. The maximum atomic E-state index is 12.7. The van der Waals surface area contributed by atoms with Crippen molar-refractivity contribution in [1.82, 2.24) is 9.29 Å². The van der Waals surface area contributed by atoms with Crippen molar-refractivity contribution in [2.24, 2.45) is 0 Å². The molecule has 2 rings (SSSR count). The molecule has 0 aliphatic heterocycles. The molecule has 0 radical (unpaired) electrons. The molecule has 0 spiro atoms. The van der Waals surface area contributed by atoms with Gasteiger partial charge in [0.15, 0.2) is 0 Å². The lowest BCUT2D eigenvalue weighted by Gasteiger charge is -2.18. The number of nitrogens with one attached hydrogen (secondary N) is 1. The number of hydrogen-bond donors (Lipinski definition) is 1. The molecule has 1 N–H and O–H groups in total. The number of nitrogens with zero attached hydrogens (tertiary/aromatic N) is 2. The molecule has 0 aromatic carbocycles. The number of hydrogen-bond acceptors (Lipinski definition) is 5. The predicted molar refractivity (Wildman–Crippen MR) is 86.0 cm³/mol. The molecule has 7 heteroatoms. The number of sulfonamides is 1. The molecule has 114 valence electrons. The van der Waals surface area contributed by atoms with Gasteiger partial charge in [-0.05, 0) is 23.9 Å². The molecular formula is C14H19N3O2S2. The normalized spacial score (nSPS) is 11.8. The van der Waals surface area contributed by atoms with Crippen molar-refractivity contribution in [2.45, 2.75) is 24.8 Å². The smallest absolute Gasteiger partial charge is 0.246 e. The largest absolute Gasteiger partial charge is 0.384 e. The first-order valence-corrected chi connectivity index (χ1v) is 9.04. The summed E-state index contributed by atoms with van der Waals surface area (Å²) >= 11 is 1.54. The van der Waals surface area contributed by atoms with Crippen molar-refractivity contribution in [3.8, 4) is 0 Å². The molecule has 0 aliphatic carbocycles. The molecule has 0 unspecified atom stereocenters. The Morgan fingerprint density at radius 3 is 2.86 bits per heavy atom. The highest BCUT2D eigenvalue weighted by molar-refractivity contribution is 7.89. The zero-order valence-electron chi connectivity index (χ0n) is 12.1. The van der Waals surface area contributed by atoms with Crippen molar-refractivity contribution < 1.29 is 8.42 Å². The lowest BCUT2D eigenvalue weighted by molar-refractivity contribution is 0.469. The van der Waals surface area contributed by atoms with Gasteiger partial charge < -0.3 is 5.32 Å². The van der Waals surface area contributed by atoms with Crippen molar-refractivity contribution in [2.75, 3.05) is 18.9 Å². The van der Waals surface area contributed by atoms with Gasteiger partial charge in [0.05, 0.1) is 5.69 Å². The summed E-state index contributed by atoms with van der Waals surface area (Å²) in [5, 5.41) is 5.08. The molecule has 2 heterocycles. The van der Waals surface area contributed by atoms with Crippen LogP contribution in [0, 0.1) is 0 Å². The van der Waals surface area contributed by atoms with Crippen LogP contribution >= 0.6 is 11.3 Å². The Balaban J connectivity index is 2.26. The second-order valence-corrected chi connectivity index (χ2v) is 7.68. The first kappa shape index (κ1) is 15.9. The Kier molecular flexibility index (Phi) is 5.33. The van der Waals surface area contributed by atoms with Crippen molar-refractivity contribution in [3.63, 3.8) is 0 Å². The molecule has 0 bridgehead atoms. The van der Waals surface area contributed by atoms with Gasteiger partial charge in [-0.3, -0.25) is 4.98 Å². The standard InChI is InChI=1S/C14H19N3O2S2/c1-3-7-16-13-6-8-15-10-14(13)21(18,19)17(2)11-12-5-4-9-20-12/h4-6,8-10H,3,7,11H2,1-2H3,(H,15,16). The Labute approximate surface area is 129 Å². The maximum Gasteiger partial charge on any atom is 0.246 e. The van der Waals surface area contributed by atoms with Crippen LogP contribution in [0.3, 0.4) is 0 Å². The Bertz CT molecular complexity index is 669. The lowest BCUT2D eigenvalue weighted by atomic mass is 10.4. The number of thiophene rings is 1. The fourth-order valence-corrected chi connectivity index (χ4v) is 3.96. The van der Waals surface area contributed by atoms with E-state index < -0.39 is 10.0 Å². The van der Waals surface area contributed by atoms with E-state index in [1.807, 2.05) is 24.4 Å². The second-order valence-electron chi connectivity index (χ2n) is 4.64. The fourth-order valence-electron chi connectivity index (χ4n) is 1.87. The summed E-state index contributed by atoms with van der Waals surface area (Å²) in [4.78, 5) is 5.18. The van der Waals surface area contributed by atoms with Gasteiger partial charge in [0.2, 0.25) is 10.0 Å². The maximum absolute atomic E-state index is 12.7. The molecule has 21 heavy (non-hydrogen) atoms. The van der Waals surface area contributed by atoms with E-state index in [1.165, 1.54) is 10.5 Å². The number of aromatic nitrogens is 1. The Morgan fingerprint density at radius 2 is 2.19 bits per heavy atom. The van der Waals surface area contributed by atoms with Crippen LogP contribution in [-0.4, -0.2) is 31.3 Å². The minimum Gasteiger partial charge on any atom is -0.384 e. The second kappa shape index (κ2) is 7.02. The number of rotatable bonds is 7. The molecule has 0 saturated carbocycles. The molecule has 0 atom stereocenters. The van der Waals surface area contributed by atoms with E-state index in [-0.39, 0.29) is 4.90 Å². The van der Waals surface area contributed by atoms with E-state index in [0.717, 1.165) is 17.8 Å². The van der Waals surface area contributed by atoms with Crippen LogP contribution in [0.2, 0.25) is 0 Å². The molecule has 0 saturated heterocycles.